The second-order valence-electron chi connectivity index (χ2n) is 4.03. The molecule has 0 aromatic heterocycles. The van der Waals surface area contributed by atoms with Gasteiger partial charge in [0.25, 0.3) is 11.8 Å². The van der Waals surface area contributed by atoms with Gasteiger partial charge in [-0.15, -0.1) is 0 Å². The van der Waals surface area contributed by atoms with Crippen LogP contribution in [0.1, 0.15) is 19.3 Å². The van der Waals surface area contributed by atoms with Gasteiger partial charge >= 0.3 is 0 Å². The molecule has 0 N–H and O–H groups in total. The van der Waals surface area contributed by atoms with Crippen molar-refractivity contribution in [3.05, 3.63) is 12.2 Å². The molecule has 1 aliphatic heterocycles. The summed E-state index contributed by atoms with van der Waals surface area (Å²) >= 11 is 0. The molecule has 0 unspecified atom stereocenters. The van der Waals surface area contributed by atoms with E-state index in [1.165, 1.54) is 17.1 Å². The van der Waals surface area contributed by atoms with Crippen LogP contribution >= 0.6 is 0 Å². The Labute approximate surface area is 90.5 Å². The van der Waals surface area contributed by atoms with Crippen molar-refractivity contribution in [3.8, 4) is 0 Å². The molecule has 1 heterocycles. The Morgan fingerprint density at radius 1 is 1.07 bits per heavy atom. The van der Waals surface area contributed by atoms with Gasteiger partial charge in [0.15, 0.2) is 0 Å². The van der Waals surface area contributed by atoms with Crippen molar-refractivity contribution in [1.82, 2.24) is 9.80 Å². The smallest absolute Gasteiger partial charge is 0.253 e. The Morgan fingerprint density at radius 2 is 1.67 bits per heavy atom. The van der Waals surface area contributed by atoms with Gasteiger partial charge in [0.05, 0.1) is 0 Å². The Morgan fingerprint density at radius 3 is 2.20 bits per heavy atom. The molecule has 0 bridgehead atoms. The maximum absolute atomic E-state index is 11.2. The van der Waals surface area contributed by atoms with Gasteiger partial charge in [0.2, 0.25) is 0 Å². The molecule has 2 amide bonds. The zero-order chi connectivity index (χ0) is 11.3. The molecule has 0 saturated carbocycles. The second kappa shape index (κ2) is 5.66. The van der Waals surface area contributed by atoms with Crippen LogP contribution in [0.5, 0.6) is 0 Å². The fourth-order valence-electron chi connectivity index (χ4n) is 1.53. The molecule has 84 valence electrons. The minimum atomic E-state index is -0.174. The van der Waals surface area contributed by atoms with E-state index >= 15 is 0 Å². The zero-order valence-corrected chi connectivity index (χ0v) is 9.40. The van der Waals surface area contributed by atoms with Crippen LogP contribution < -0.4 is 0 Å². The first kappa shape index (κ1) is 11.9. The van der Waals surface area contributed by atoms with Gasteiger partial charge in [-0.05, 0) is 33.5 Å². The highest BCUT2D eigenvalue weighted by Crippen LogP contribution is 2.06. The molecular weight excluding hydrogens is 192 g/mol. The van der Waals surface area contributed by atoms with E-state index in [2.05, 4.69) is 4.90 Å². The highest BCUT2D eigenvalue weighted by atomic mass is 16.2. The standard InChI is InChI=1S/C11H18N2O2/c1-12(2)8-4-3-5-9-13-10(14)6-7-11(13)15/h6-7H,3-5,8-9H2,1-2H3. The molecule has 0 fully saturated rings. The number of carbonyl (C=O) groups excluding carboxylic acids is 2. The van der Waals surface area contributed by atoms with Gasteiger partial charge in [-0.1, -0.05) is 6.42 Å². The Kier molecular flexibility index (Phi) is 4.49. The Bertz CT molecular complexity index is 254. The maximum atomic E-state index is 11.2. The summed E-state index contributed by atoms with van der Waals surface area (Å²) in [6, 6.07) is 0. The molecule has 0 spiro atoms. The summed E-state index contributed by atoms with van der Waals surface area (Å²) in [6.07, 6.45) is 5.73. The average molecular weight is 210 g/mol. The second-order valence-corrected chi connectivity index (χ2v) is 4.03. The number of imide groups is 1. The van der Waals surface area contributed by atoms with Crippen LogP contribution in [0.2, 0.25) is 0 Å². The van der Waals surface area contributed by atoms with Gasteiger partial charge in [0, 0.05) is 18.7 Å². The summed E-state index contributed by atoms with van der Waals surface area (Å²) in [5, 5.41) is 0. The van der Waals surface area contributed by atoms with Crippen molar-refractivity contribution < 1.29 is 9.59 Å². The molecule has 0 atom stereocenters. The number of amides is 2. The first-order valence-corrected chi connectivity index (χ1v) is 5.29. The van der Waals surface area contributed by atoms with E-state index in [4.69, 9.17) is 0 Å². The van der Waals surface area contributed by atoms with Crippen molar-refractivity contribution in [2.24, 2.45) is 0 Å². The van der Waals surface area contributed by atoms with Gasteiger partial charge in [0.1, 0.15) is 0 Å². The lowest BCUT2D eigenvalue weighted by Crippen LogP contribution is -2.30. The SMILES string of the molecule is CN(C)CCCCCN1C(=O)C=CC1=O. The molecule has 0 aromatic carbocycles. The minimum Gasteiger partial charge on any atom is -0.309 e. The normalized spacial score (nSPS) is 15.8. The molecule has 4 nitrogen and oxygen atoms in total. The molecule has 0 radical (unpaired) electrons. The predicted molar refractivity (Wildman–Crippen MR) is 58.3 cm³/mol. The molecule has 1 aliphatic rings. The monoisotopic (exact) mass is 210 g/mol. The Balaban J connectivity index is 2.10. The summed E-state index contributed by atoms with van der Waals surface area (Å²) in [7, 11) is 4.08. The van der Waals surface area contributed by atoms with Crippen molar-refractivity contribution in [2.75, 3.05) is 27.2 Å². The van der Waals surface area contributed by atoms with E-state index in [-0.39, 0.29) is 11.8 Å². The number of unbranched alkanes of at least 4 members (excludes halogenated alkanes) is 2. The lowest BCUT2D eigenvalue weighted by Gasteiger charge is -2.14. The van der Waals surface area contributed by atoms with Crippen LogP contribution in [0.25, 0.3) is 0 Å². The van der Waals surface area contributed by atoms with Crippen molar-refractivity contribution >= 4 is 11.8 Å². The number of nitrogens with zero attached hydrogens (tertiary/aromatic N) is 2. The fraction of sp³-hybridized carbons (Fsp3) is 0.636. The quantitative estimate of drug-likeness (QED) is 0.477. The van der Waals surface area contributed by atoms with E-state index in [0.717, 1.165) is 25.8 Å². The lowest BCUT2D eigenvalue weighted by molar-refractivity contribution is -0.136. The summed E-state index contributed by atoms with van der Waals surface area (Å²) in [6.45, 7) is 1.61. The van der Waals surface area contributed by atoms with E-state index in [9.17, 15) is 9.59 Å². The van der Waals surface area contributed by atoms with Gasteiger partial charge in [-0.2, -0.15) is 0 Å². The molecule has 1 rings (SSSR count). The summed E-state index contributed by atoms with van der Waals surface area (Å²) < 4.78 is 0. The topological polar surface area (TPSA) is 40.6 Å². The minimum absolute atomic E-state index is 0.174. The third kappa shape index (κ3) is 3.83. The number of hydrogen-bond acceptors (Lipinski definition) is 3. The van der Waals surface area contributed by atoms with E-state index < -0.39 is 0 Å². The molecule has 0 aromatic rings. The summed E-state index contributed by atoms with van der Waals surface area (Å²) in [5.74, 6) is -0.347. The van der Waals surface area contributed by atoms with Crippen molar-refractivity contribution in [1.29, 1.82) is 0 Å². The highest BCUT2D eigenvalue weighted by molar-refractivity contribution is 6.12. The molecule has 0 saturated heterocycles. The first-order chi connectivity index (χ1) is 7.11. The molecule has 0 aliphatic carbocycles. The van der Waals surface area contributed by atoms with Crippen LogP contribution in [-0.2, 0) is 9.59 Å². The third-order valence-corrected chi connectivity index (χ3v) is 2.39. The van der Waals surface area contributed by atoms with E-state index in [1.54, 1.807) is 0 Å². The van der Waals surface area contributed by atoms with E-state index in [0.29, 0.717) is 6.54 Å². The van der Waals surface area contributed by atoms with Crippen LogP contribution in [0.3, 0.4) is 0 Å². The Hall–Kier alpha value is -1.16. The molecular formula is C11H18N2O2. The zero-order valence-electron chi connectivity index (χ0n) is 9.40. The summed E-state index contributed by atoms with van der Waals surface area (Å²) in [4.78, 5) is 25.8. The predicted octanol–water partition coefficient (Wildman–Crippen LogP) is 0.643. The average Bonchev–Trinajstić information content (AvgIpc) is 2.47. The maximum Gasteiger partial charge on any atom is 0.253 e. The van der Waals surface area contributed by atoms with Crippen LogP contribution in [0, 0.1) is 0 Å². The largest absolute Gasteiger partial charge is 0.309 e. The van der Waals surface area contributed by atoms with Crippen molar-refractivity contribution in [2.45, 2.75) is 19.3 Å². The third-order valence-electron chi connectivity index (χ3n) is 2.39. The fourth-order valence-corrected chi connectivity index (χ4v) is 1.53. The van der Waals surface area contributed by atoms with Crippen LogP contribution in [0.15, 0.2) is 12.2 Å². The number of rotatable bonds is 6. The first-order valence-electron chi connectivity index (χ1n) is 5.29. The highest BCUT2D eigenvalue weighted by Gasteiger charge is 2.21. The number of carbonyl (C=O) groups is 2. The van der Waals surface area contributed by atoms with E-state index in [1.807, 2.05) is 14.1 Å². The van der Waals surface area contributed by atoms with Crippen molar-refractivity contribution in [3.63, 3.8) is 0 Å². The lowest BCUT2D eigenvalue weighted by atomic mass is 10.2. The molecule has 4 heteroatoms. The number of hydrogen-bond donors (Lipinski definition) is 0. The van der Waals surface area contributed by atoms with Crippen LogP contribution in [0.4, 0.5) is 0 Å². The van der Waals surface area contributed by atoms with Crippen LogP contribution in [-0.4, -0.2) is 48.8 Å². The van der Waals surface area contributed by atoms with Gasteiger partial charge in [-0.25, -0.2) is 0 Å². The van der Waals surface area contributed by atoms with Gasteiger partial charge in [-0.3, -0.25) is 14.5 Å². The van der Waals surface area contributed by atoms with Gasteiger partial charge < -0.3 is 4.90 Å². The summed E-state index contributed by atoms with van der Waals surface area (Å²) in [5.41, 5.74) is 0. The molecule has 15 heavy (non-hydrogen) atoms.